The quantitative estimate of drug-likeness (QED) is 0.274. The maximum atomic E-state index is 13.0. The number of nitrogens with one attached hydrogen (secondary N) is 2. The minimum Gasteiger partial charge on any atom is -0.507 e. The van der Waals surface area contributed by atoms with Crippen LogP contribution in [0.4, 0.5) is 0 Å². The van der Waals surface area contributed by atoms with E-state index in [0.29, 0.717) is 35.2 Å². The molecule has 0 saturated heterocycles. The fourth-order valence-corrected chi connectivity index (χ4v) is 4.61. The molecule has 7 nitrogen and oxygen atoms in total. The van der Waals surface area contributed by atoms with Crippen LogP contribution in [-0.4, -0.2) is 29.7 Å². The van der Waals surface area contributed by atoms with Crippen LogP contribution in [-0.2, 0) is 11.2 Å². The number of benzene rings is 3. The largest absolute Gasteiger partial charge is 0.507 e. The van der Waals surface area contributed by atoms with Crippen LogP contribution in [0, 0.1) is 0 Å². The van der Waals surface area contributed by atoms with E-state index in [1.807, 2.05) is 30.5 Å². The van der Waals surface area contributed by atoms with E-state index in [1.165, 1.54) is 0 Å². The third kappa shape index (κ3) is 4.55. The Morgan fingerprint density at radius 2 is 1.75 bits per heavy atom. The van der Waals surface area contributed by atoms with Gasteiger partial charge in [-0.25, -0.2) is 4.79 Å². The van der Waals surface area contributed by atoms with Gasteiger partial charge < -0.3 is 24.6 Å². The highest BCUT2D eigenvalue weighted by atomic mass is 16.5. The summed E-state index contributed by atoms with van der Waals surface area (Å²) in [5, 5.41) is 15.6. The maximum absolute atomic E-state index is 13.0. The number of amides is 1. The molecular formula is C29H26N2O5. The number of carbonyl (C=O) groups excluding carboxylic acids is 1. The van der Waals surface area contributed by atoms with Crippen LogP contribution in [0.2, 0.25) is 0 Å². The first-order valence-corrected chi connectivity index (χ1v) is 11.8. The number of para-hydroxylation sites is 2. The molecule has 1 amide bonds. The van der Waals surface area contributed by atoms with E-state index < -0.39 is 11.5 Å². The molecule has 0 bridgehead atoms. The van der Waals surface area contributed by atoms with Crippen LogP contribution in [0.25, 0.3) is 21.9 Å². The van der Waals surface area contributed by atoms with Crippen molar-refractivity contribution in [3.63, 3.8) is 0 Å². The summed E-state index contributed by atoms with van der Waals surface area (Å²) >= 11 is 0. The third-order valence-corrected chi connectivity index (χ3v) is 6.47. The first-order valence-electron chi connectivity index (χ1n) is 11.8. The second-order valence-corrected chi connectivity index (χ2v) is 8.64. The number of H-pyrrole nitrogens is 1. The summed E-state index contributed by atoms with van der Waals surface area (Å²) in [6.07, 6.45) is 2.58. The van der Waals surface area contributed by atoms with Crippen LogP contribution in [0.15, 0.2) is 88.2 Å². The van der Waals surface area contributed by atoms with Crippen LogP contribution in [0.3, 0.4) is 0 Å². The molecule has 182 valence electrons. The van der Waals surface area contributed by atoms with Crippen molar-refractivity contribution in [3.8, 4) is 11.5 Å². The molecule has 3 N–H and O–H groups in total. The Morgan fingerprint density at radius 3 is 2.53 bits per heavy atom. The van der Waals surface area contributed by atoms with E-state index in [-0.39, 0.29) is 23.6 Å². The van der Waals surface area contributed by atoms with Crippen LogP contribution in [0.5, 0.6) is 11.5 Å². The Hall–Kier alpha value is -4.52. The lowest BCUT2D eigenvalue weighted by Gasteiger charge is -2.19. The molecule has 0 aliphatic carbocycles. The lowest BCUT2D eigenvalue weighted by atomic mass is 9.88. The van der Waals surface area contributed by atoms with Gasteiger partial charge in [0.2, 0.25) is 5.91 Å². The summed E-state index contributed by atoms with van der Waals surface area (Å²) in [6.45, 7) is 0.439. The van der Waals surface area contributed by atoms with Crippen molar-refractivity contribution in [2.24, 2.45) is 0 Å². The van der Waals surface area contributed by atoms with E-state index in [0.717, 1.165) is 16.5 Å². The summed E-state index contributed by atoms with van der Waals surface area (Å²) in [4.78, 5) is 29.3. The molecule has 2 heterocycles. The normalized spacial score (nSPS) is 12.0. The minimum absolute atomic E-state index is 0.0309. The van der Waals surface area contributed by atoms with Gasteiger partial charge in [-0.3, -0.25) is 4.79 Å². The Morgan fingerprint density at radius 1 is 1.03 bits per heavy atom. The van der Waals surface area contributed by atoms with Gasteiger partial charge in [0.25, 0.3) is 0 Å². The van der Waals surface area contributed by atoms with Crippen LogP contribution < -0.4 is 15.7 Å². The van der Waals surface area contributed by atoms with Crippen molar-refractivity contribution in [1.82, 2.24) is 10.3 Å². The van der Waals surface area contributed by atoms with Crippen molar-refractivity contribution in [1.29, 1.82) is 0 Å². The molecule has 0 aliphatic rings. The Labute approximate surface area is 207 Å². The van der Waals surface area contributed by atoms with Gasteiger partial charge in [-0.15, -0.1) is 0 Å². The predicted octanol–water partition coefficient (Wildman–Crippen LogP) is 4.87. The van der Waals surface area contributed by atoms with Gasteiger partial charge in [-0.2, -0.15) is 0 Å². The summed E-state index contributed by atoms with van der Waals surface area (Å²) in [6, 6.07) is 21.9. The highest BCUT2D eigenvalue weighted by Crippen LogP contribution is 2.36. The van der Waals surface area contributed by atoms with E-state index in [9.17, 15) is 14.7 Å². The topological polar surface area (TPSA) is 105 Å². The molecule has 0 radical (unpaired) electrons. The summed E-state index contributed by atoms with van der Waals surface area (Å²) < 4.78 is 10.7. The molecule has 3 aromatic carbocycles. The monoisotopic (exact) mass is 482 g/mol. The molecule has 2 aromatic heterocycles. The summed E-state index contributed by atoms with van der Waals surface area (Å²) in [7, 11) is 1.57. The van der Waals surface area contributed by atoms with Crippen LogP contribution >= 0.6 is 0 Å². The molecule has 0 spiro atoms. The zero-order valence-electron chi connectivity index (χ0n) is 19.8. The smallest absolute Gasteiger partial charge is 0.343 e. The van der Waals surface area contributed by atoms with Crippen molar-refractivity contribution in [2.75, 3.05) is 13.7 Å². The highest BCUT2D eigenvalue weighted by Gasteiger charge is 2.27. The average Bonchev–Trinajstić information content (AvgIpc) is 3.31. The van der Waals surface area contributed by atoms with Crippen molar-refractivity contribution >= 4 is 27.8 Å². The fraction of sp³-hybridized carbons (Fsp3) is 0.172. The van der Waals surface area contributed by atoms with E-state index in [1.54, 1.807) is 55.6 Å². The number of aromatic nitrogens is 1. The number of aromatic amines is 1. The number of hydrogen-bond donors (Lipinski definition) is 3. The van der Waals surface area contributed by atoms with Crippen molar-refractivity contribution in [3.05, 3.63) is 106 Å². The lowest BCUT2D eigenvalue weighted by Crippen LogP contribution is -2.28. The van der Waals surface area contributed by atoms with Crippen molar-refractivity contribution in [2.45, 2.75) is 18.8 Å². The van der Waals surface area contributed by atoms with Gasteiger partial charge in [0.05, 0.1) is 18.1 Å². The molecule has 0 aliphatic heterocycles. The van der Waals surface area contributed by atoms with Crippen LogP contribution in [0.1, 0.15) is 29.0 Å². The molecule has 0 fully saturated rings. The number of aromatic hydroxyl groups is 1. The first-order chi connectivity index (χ1) is 17.5. The van der Waals surface area contributed by atoms with Gasteiger partial charge >= 0.3 is 5.63 Å². The number of fused-ring (bicyclic) bond motifs is 2. The Bertz CT molecular complexity index is 1580. The van der Waals surface area contributed by atoms with Gasteiger partial charge in [-0.1, -0.05) is 42.5 Å². The zero-order valence-corrected chi connectivity index (χ0v) is 19.8. The minimum atomic E-state index is -0.704. The molecule has 7 heteroatoms. The van der Waals surface area contributed by atoms with Gasteiger partial charge in [0.15, 0.2) is 0 Å². The molecular weight excluding hydrogens is 456 g/mol. The molecule has 0 saturated carbocycles. The fourth-order valence-electron chi connectivity index (χ4n) is 4.61. The molecule has 1 atom stereocenters. The molecule has 36 heavy (non-hydrogen) atoms. The summed E-state index contributed by atoms with van der Waals surface area (Å²) in [5.41, 5.74) is 2.55. The second kappa shape index (κ2) is 10.00. The van der Waals surface area contributed by atoms with E-state index in [4.69, 9.17) is 9.15 Å². The molecule has 5 rings (SSSR count). The maximum Gasteiger partial charge on any atom is 0.343 e. The predicted molar refractivity (Wildman–Crippen MR) is 139 cm³/mol. The van der Waals surface area contributed by atoms with Gasteiger partial charge in [-0.05, 0) is 47.9 Å². The van der Waals surface area contributed by atoms with Gasteiger partial charge in [0.1, 0.15) is 17.1 Å². The van der Waals surface area contributed by atoms with Crippen molar-refractivity contribution < 1.29 is 19.1 Å². The average molecular weight is 483 g/mol. The second-order valence-electron chi connectivity index (χ2n) is 8.64. The number of methoxy groups -OCH3 is 1. The van der Waals surface area contributed by atoms with E-state index in [2.05, 4.69) is 10.3 Å². The van der Waals surface area contributed by atoms with Gasteiger partial charge in [0, 0.05) is 36.0 Å². The SMILES string of the molecule is COc1ccc([C@@H](CC(=O)NCCc2c[nH]c3ccccc23)c2c(O)c3ccccc3oc2=O)cc1. The number of rotatable bonds is 8. The van der Waals surface area contributed by atoms with E-state index >= 15 is 0 Å². The lowest BCUT2D eigenvalue weighted by molar-refractivity contribution is -0.121. The molecule has 0 unspecified atom stereocenters. The first kappa shape index (κ1) is 23.2. The summed E-state index contributed by atoms with van der Waals surface area (Å²) in [5.74, 6) is -0.461. The molecule has 5 aromatic rings. The number of carbonyl (C=O) groups is 1. The Balaban J connectivity index is 1.41. The number of hydrogen-bond acceptors (Lipinski definition) is 5. The number of ether oxygens (including phenoxy) is 1. The highest BCUT2D eigenvalue weighted by molar-refractivity contribution is 5.85. The Kier molecular flexibility index (Phi) is 6.45. The standard InChI is InChI=1S/C29H26N2O5/c1-35-20-12-10-18(11-13-20)23(27-28(33)22-7-3-5-9-25(22)36-29(27)34)16-26(32)30-15-14-19-17-31-24-8-4-2-6-21(19)24/h2-13,17,23,31,33H,14-16H2,1H3,(H,30,32)/t23-/m1/s1. The third-order valence-electron chi connectivity index (χ3n) is 6.47. The zero-order chi connectivity index (χ0) is 25.1.